The largest absolute Gasteiger partial charge is 0.478 e. The number of nitrogens with one attached hydrogen (secondary N) is 1. The number of carboxylic acid groups (broad SMARTS) is 1. The van der Waals surface area contributed by atoms with Gasteiger partial charge in [-0.3, -0.25) is 0 Å². The van der Waals surface area contributed by atoms with Crippen LogP contribution in [-0.4, -0.2) is 23.7 Å². The van der Waals surface area contributed by atoms with Crippen LogP contribution in [0.3, 0.4) is 0 Å². The van der Waals surface area contributed by atoms with Crippen LogP contribution < -0.4 is 5.32 Å². The molecule has 0 spiro atoms. The molecule has 0 aromatic carbocycles. The Hall–Kier alpha value is -1.13. The molecule has 1 aromatic rings. The zero-order chi connectivity index (χ0) is 13.5. The molecule has 0 aliphatic heterocycles. The van der Waals surface area contributed by atoms with Crippen LogP contribution in [0.4, 0.5) is 0 Å². The van der Waals surface area contributed by atoms with Crippen LogP contribution in [0.15, 0.2) is 23.8 Å². The van der Waals surface area contributed by atoms with E-state index in [1.165, 1.54) is 9.75 Å². The number of aliphatic carboxylic acids is 1. The van der Waals surface area contributed by atoms with E-state index < -0.39 is 5.97 Å². The minimum Gasteiger partial charge on any atom is -0.478 e. The minimum atomic E-state index is -0.819. The molecule has 18 heavy (non-hydrogen) atoms. The number of rotatable bonds is 7. The Bertz CT molecular complexity index is 423. The molecule has 0 radical (unpaired) electrons. The first-order chi connectivity index (χ1) is 8.52. The highest BCUT2D eigenvalue weighted by Crippen LogP contribution is 2.16. The summed E-state index contributed by atoms with van der Waals surface area (Å²) in [7, 11) is 0. The van der Waals surface area contributed by atoms with Gasteiger partial charge in [-0.1, -0.05) is 13.0 Å². The van der Waals surface area contributed by atoms with Crippen molar-refractivity contribution in [3.05, 3.63) is 33.5 Å². The van der Waals surface area contributed by atoms with Gasteiger partial charge < -0.3 is 10.4 Å². The number of thiophene rings is 1. The van der Waals surface area contributed by atoms with Crippen LogP contribution in [0, 0.1) is 6.92 Å². The maximum absolute atomic E-state index is 10.8. The molecular formula is C14H21NO2S. The quantitative estimate of drug-likeness (QED) is 0.747. The number of aryl methyl sites for hydroxylation is 1. The molecule has 100 valence electrons. The molecule has 0 bridgehead atoms. The summed E-state index contributed by atoms with van der Waals surface area (Å²) < 4.78 is 0. The van der Waals surface area contributed by atoms with Crippen molar-refractivity contribution in [2.45, 2.75) is 39.7 Å². The molecule has 0 saturated heterocycles. The molecule has 2 N–H and O–H groups in total. The lowest BCUT2D eigenvalue weighted by atomic mass is 10.2. The van der Waals surface area contributed by atoms with Gasteiger partial charge in [-0.05, 0) is 38.8 Å². The van der Waals surface area contributed by atoms with E-state index in [9.17, 15) is 4.79 Å². The van der Waals surface area contributed by atoms with E-state index in [2.05, 4.69) is 31.3 Å². The predicted molar refractivity (Wildman–Crippen MR) is 76.2 cm³/mol. The van der Waals surface area contributed by atoms with Crippen molar-refractivity contribution in [2.24, 2.45) is 0 Å². The molecule has 0 saturated carbocycles. The summed E-state index contributed by atoms with van der Waals surface area (Å²) in [4.78, 5) is 13.5. The van der Waals surface area contributed by atoms with Crippen LogP contribution in [0.25, 0.3) is 0 Å². The molecule has 0 amide bonds. The van der Waals surface area contributed by atoms with Crippen LogP contribution in [0.1, 0.15) is 30.0 Å². The fraction of sp³-hybridized carbons (Fsp3) is 0.500. The Balaban J connectivity index is 2.37. The topological polar surface area (TPSA) is 49.3 Å². The number of hydrogen-bond acceptors (Lipinski definition) is 3. The Kier molecular flexibility index (Phi) is 6.09. The van der Waals surface area contributed by atoms with Gasteiger partial charge in [-0.2, -0.15) is 0 Å². The summed E-state index contributed by atoms with van der Waals surface area (Å²) in [6, 6.07) is 4.64. The molecular weight excluding hydrogens is 246 g/mol. The molecule has 4 heteroatoms. The van der Waals surface area contributed by atoms with Crippen molar-refractivity contribution in [2.75, 3.05) is 6.54 Å². The number of hydrogen-bond donors (Lipinski definition) is 2. The van der Waals surface area contributed by atoms with Gasteiger partial charge in [0.2, 0.25) is 0 Å². The average molecular weight is 267 g/mol. The Morgan fingerprint density at radius 2 is 2.28 bits per heavy atom. The third-order valence-corrected chi connectivity index (χ3v) is 3.80. The fourth-order valence-electron chi connectivity index (χ4n) is 1.73. The molecule has 0 aliphatic carbocycles. The lowest BCUT2D eigenvalue weighted by Gasteiger charge is -2.11. The lowest BCUT2D eigenvalue weighted by Crippen LogP contribution is -2.28. The van der Waals surface area contributed by atoms with Gasteiger partial charge in [0.15, 0.2) is 0 Å². The molecule has 1 heterocycles. The first-order valence-electron chi connectivity index (χ1n) is 6.24. The van der Waals surface area contributed by atoms with Gasteiger partial charge in [-0.25, -0.2) is 4.79 Å². The van der Waals surface area contributed by atoms with E-state index in [4.69, 9.17) is 5.11 Å². The SMILES string of the molecule is CC/C(=C/CNC(C)Cc1ccc(C)s1)C(=O)O. The summed E-state index contributed by atoms with van der Waals surface area (Å²) in [5.74, 6) is -0.819. The first kappa shape index (κ1) is 14.9. The van der Waals surface area contributed by atoms with Gasteiger partial charge in [0.1, 0.15) is 0 Å². The van der Waals surface area contributed by atoms with Gasteiger partial charge in [-0.15, -0.1) is 11.3 Å². The predicted octanol–water partition coefficient (Wildman–Crippen LogP) is 3.00. The molecule has 1 unspecified atom stereocenters. The zero-order valence-corrected chi connectivity index (χ0v) is 12.0. The maximum atomic E-state index is 10.8. The van der Waals surface area contributed by atoms with E-state index >= 15 is 0 Å². The summed E-state index contributed by atoms with van der Waals surface area (Å²) in [5, 5.41) is 12.2. The smallest absolute Gasteiger partial charge is 0.331 e. The number of carboxylic acids is 1. The van der Waals surface area contributed by atoms with Crippen LogP contribution >= 0.6 is 11.3 Å². The summed E-state index contributed by atoms with van der Waals surface area (Å²) >= 11 is 1.82. The molecule has 3 nitrogen and oxygen atoms in total. The van der Waals surface area contributed by atoms with E-state index in [0.717, 1.165) is 6.42 Å². The van der Waals surface area contributed by atoms with Crippen LogP contribution in [-0.2, 0) is 11.2 Å². The highest BCUT2D eigenvalue weighted by molar-refractivity contribution is 7.11. The molecule has 0 fully saturated rings. The third-order valence-electron chi connectivity index (χ3n) is 2.77. The first-order valence-corrected chi connectivity index (χ1v) is 7.05. The molecule has 1 rings (SSSR count). The van der Waals surface area contributed by atoms with Crippen molar-refractivity contribution in [1.29, 1.82) is 0 Å². The Morgan fingerprint density at radius 1 is 1.56 bits per heavy atom. The highest BCUT2D eigenvalue weighted by atomic mass is 32.1. The maximum Gasteiger partial charge on any atom is 0.331 e. The summed E-state index contributed by atoms with van der Waals surface area (Å²) in [6.45, 7) is 6.70. The Morgan fingerprint density at radius 3 is 2.78 bits per heavy atom. The van der Waals surface area contributed by atoms with E-state index in [-0.39, 0.29) is 0 Å². The molecule has 0 aliphatic rings. The van der Waals surface area contributed by atoms with Gasteiger partial charge in [0.05, 0.1) is 0 Å². The minimum absolute atomic E-state index is 0.353. The van der Waals surface area contributed by atoms with E-state index in [1.807, 2.05) is 18.3 Å². The van der Waals surface area contributed by atoms with Crippen molar-refractivity contribution >= 4 is 17.3 Å². The second kappa shape index (κ2) is 7.34. The lowest BCUT2D eigenvalue weighted by molar-refractivity contribution is -0.132. The fourth-order valence-corrected chi connectivity index (χ4v) is 2.75. The standard InChI is InChI=1S/C14H21NO2S/c1-4-12(14(16)17)7-8-15-10(2)9-13-6-5-11(3)18-13/h5-7,10,15H,4,8-9H2,1-3H3,(H,16,17)/b12-7-. The normalized spacial score (nSPS) is 13.6. The highest BCUT2D eigenvalue weighted by Gasteiger charge is 2.06. The molecule has 1 aromatic heterocycles. The monoisotopic (exact) mass is 267 g/mol. The van der Waals surface area contributed by atoms with Crippen molar-refractivity contribution in [3.63, 3.8) is 0 Å². The zero-order valence-electron chi connectivity index (χ0n) is 11.2. The second-order valence-corrected chi connectivity index (χ2v) is 5.79. The Labute approximate surface area is 113 Å². The van der Waals surface area contributed by atoms with Gasteiger partial charge in [0, 0.05) is 27.9 Å². The van der Waals surface area contributed by atoms with Crippen LogP contribution in [0.2, 0.25) is 0 Å². The van der Waals surface area contributed by atoms with E-state index in [1.54, 1.807) is 6.08 Å². The van der Waals surface area contributed by atoms with Crippen molar-refractivity contribution in [3.8, 4) is 0 Å². The van der Waals surface area contributed by atoms with Gasteiger partial charge >= 0.3 is 5.97 Å². The van der Waals surface area contributed by atoms with Crippen molar-refractivity contribution in [1.82, 2.24) is 5.32 Å². The summed E-state index contributed by atoms with van der Waals surface area (Å²) in [5.41, 5.74) is 0.474. The number of carbonyl (C=O) groups is 1. The van der Waals surface area contributed by atoms with E-state index in [0.29, 0.717) is 24.6 Å². The van der Waals surface area contributed by atoms with Crippen molar-refractivity contribution < 1.29 is 9.90 Å². The molecule has 1 atom stereocenters. The average Bonchev–Trinajstić information content (AvgIpc) is 2.69. The second-order valence-electron chi connectivity index (χ2n) is 4.41. The third kappa shape index (κ3) is 5.02. The van der Waals surface area contributed by atoms with Crippen LogP contribution in [0.5, 0.6) is 0 Å². The van der Waals surface area contributed by atoms with Gasteiger partial charge in [0.25, 0.3) is 0 Å². The summed E-state index contributed by atoms with van der Waals surface area (Å²) in [6.07, 6.45) is 3.31.